The van der Waals surface area contributed by atoms with E-state index in [1.54, 1.807) is 11.0 Å². The summed E-state index contributed by atoms with van der Waals surface area (Å²) in [5.41, 5.74) is 0.521. The summed E-state index contributed by atoms with van der Waals surface area (Å²) in [6.07, 6.45) is -1.51. The first kappa shape index (κ1) is 24.3. The lowest BCUT2D eigenvalue weighted by atomic mass is 9.92. The lowest BCUT2D eigenvalue weighted by molar-refractivity contribution is -0.137. The quantitative estimate of drug-likeness (QED) is 0.470. The van der Waals surface area contributed by atoms with E-state index < -0.39 is 23.2 Å². The first-order chi connectivity index (χ1) is 17.2. The van der Waals surface area contributed by atoms with Crippen LogP contribution in [0.5, 0.6) is 0 Å². The van der Waals surface area contributed by atoms with E-state index >= 15 is 0 Å². The number of benzene rings is 2. The first-order valence-electron chi connectivity index (χ1n) is 11.5. The number of hydrogen-bond acceptors (Lipinski definition) is 4. The van der Waals surface area contributed by atoms with Gasteiger partial charge in [0.2, 0.25) is 0 Å². The highest BCUT2D eigenvalue weighted by atomic mass is 35.5. The molecule has 6 nitrogen and oxygen atoms in total. The zero-order valence-electron chi connectivity index (χ0n) is 19.0. The van der Waals surface area contributed by atoms with Gasteiger partial charge in [-0.05, 0) is 73.3 Å². The topological polar surface area (TPSA) is 74.3 Å². The van der Waals surface area contributed by atoms with Crippen LogP contribution in [0, 0.1) is 5.92 Å². The number of fused-ring (bicyclic) bond motifs is 3. The molecule has 0 aliphatic carbocycles. The lowest BCUT2D eigenvalue weighted by Crippen LogP contribution is -2.32. The molecule has 1 saturated heterocycles. The van der Waals surface area contributed by atoms with Crippen LogP contribution in [-0.4, -0.2) is 29.9 Å². The largest absolute Gasteiger partial charge is 0.417 e. The SMILES string of the molecule is O=C(Nc1ccc(C(=O)N2CC[C@H]3CCN[C@@H]3c3cc(Cl)ccc32)cn1)c1ccccc1C(F)(F)F. The second kappa shape index (κ2) is 9.55. The van der Waals surface area contributed by atoms with Crippen LogP contribution >= 0.6 is 11.6 Å². The average Bonchev–Trinajstić information content (AvgIpc) is 3.27. The molecule has 1 fully saturated rings. The number of amides is 2. The predicted molar refractivity (Wildman–Crippen MR) is 130 cm³/mol. The number of alkyl halides is 3. The van der Waals surface area contributed by atoms with E-state index in [0.29, 0.717) is 23.0 Å². The molecule has 2 amide bonds. The monoisotopic (exact) mass is 514 g/mol. The normalized spacial score (nSPS) is 19.3. The molecule has 0 radical (unpaired) electrons. The van der Waals surface area contributed by atoms with Gasteiger partial charge in [0.05, 0.1) is 16.7 Å². The van der Waals surface area contributed by atoms with Gasteiger partial charge in [-0.15, -0.1) is 0 Å². The minimum absolute atomic E-state index is 0.0373. The van der Waals surface area contributed by atoms with Gasteiger partial charge < -0.3 is 15.5 Å². The zero-order chi connectivity index (χ0) is 25.4. The molecule has 0 spiro atoms. The fourth-order valence-electron chi connectivity index (χ4n) is 4.94. The molecular weight excluding hydrogens is 493 g/mol. The number of halogens is 4. The van der Waals surface area contributed by atoms with Crippen molar-refractivity contribution in [1.82, 2.24) is 10.3 Å². The smallest absolute Gasteiger partial charge is 0.310 e. The maximum absolute atomic E-state index is 13.5. The molecule has 1 aromatic heterocycles. The Morgan fingerprint density at radius 2 is 1.89 bits per heavy atom. The summed E-state index contributed by atoms with van der Waals surface area (Å²) < 4.78 is 39.7. The summed E-state index contributed by atoms with van der Waals surface area (Å²) >= 11 is 6.26. The summed E-state index contributed by atoms with van der Waals surface area (Å²) in [5.74, 6) is -0.760. The average molecular weight is 515 g/mol. The molecule has 0 unspecified atom stereocenters. The highest BCUT2D eigenvalue weighted by Gasteiger charge is 2.36. The molecule has 10 heteroatoms. The first-order valence-corrected chi connectivity index (χ1v) is 11.9. The van der Waals surface area contributed by atoms with Gasteiger partial charge in [0.25, 0.3) is 11.8 Å². The third-order valence-electron chi connectivity index (χ3n) is 6.66. The third kappa shape index (κ3) is 4.68. The van der Waals surface area contributed by atoms with Crippen molar-refractivity contribution >= 4 is 34.9 Å². The summed E-state index contributed by atoms with van der Waals surface area (Å²) in [4.78, 5) is 31.8. The number of nitrogens with zero attached hydrogens (tertiary/aromatic N) is 2. The van der Waals surface area contributed by atoms with Gasteiger partial charge in [0, 0.05) is 29.5 Å². The predicted octanol–water partition coefficient (Wildman–Crippen LogP) is 5.71. The van der Waals surface area contributed by atoms with Crippen LogP contribution in [0.4, 0.5) is 24.7 Å². The van der Waals surface area contributed by atoms with Crippen LogP contribution in [0.25, 0.3) is 0 Å². The number of rotatable bonds is 3. The lowest BCUT2D eigenvalue weighted by Gasteiger charge is -2.24. The van der Waals surface area contributed by atoms with Gasteiger partial charge in [0.1, 0.15) is 5.82 Å². The highest BCUT2D eigenvalue weighted by molar-refractivity contribution is 6.30. The Morgan fingerprint density at radius 1 is 1.08 bits per heavy atom. The number of aromatic nitrogens is 1. The Labute approximate surface area is 210 Å². The fourth-order valence-corrected chi connectivity index (χ4v) is 5.12. The molecule has 2 N–H and O–H groups in total. The maximum atomic E-state index is 13.5. The van der Waals surface area contributed by atoms with Gasteiger partial charge in [-0.1, -0.05) is 23.7 Å². The van der Waals surface area contributed by atoms with Gasteiger partial charge in [-0.3, -0.25) is 9.59 Å². The Morgan fingerprint density at radius 3 is 2.64 bits per heavy atom. The van der Waals surface area contributed by atoms with Crippen molar-refractivity contribution in [3.05, 3.63) is 88.1 Å². The van der Waals surface area contributed by atoms with E-state index in [0.717, 1.165) is 42.8 Å². The molecule has 0 saturated carbocycles. The Balaban J connectivity index is 1.36. The maximum Gasteiger partial charge on any atom is 0.417 e. The minimum atomic E-state index is -4.67. The van der Waals surface area contributed by atoms with Crippen molar-refractivity contribution in [2.75, 3.05) is 23.3 Å². The van der Waals surface area contributed by atoms with Gasteiger partial charge in [-0.25, -0.2) is 4.98 Å². The van der Waals surface area contributed by atoms with Crippen LogP contribution in [0.2, 0.25) is 5.02 Å². The van der Waals surface area contributed by atoms with Gasteiger partial charge >= 0.3 is 6.18 Å². The molecule has 186 valence electrons. The second-order valence-electron chi connectivity index (χ2n) is 8.86. The van der Waals surface area contributed by atoms with Gasteiger partial charge in [-0.2, -0.15) is 13.2 Å². The van der Waals surface area contributed by atoms with E-state index in [2.05, 4.69) is 15.6 Å². The molecule has 2 aliphatic rings. The summed E-state index contributed by atoms with van der Waals surface area (Å²) in [6, 6.07) is 13.1. The van der Waals surface area contributed by atoms with Crippen LogP contribution in [0.3, 0.4) is 0 Å². The Kier molecular flexibility index (Phi) is 6.44. The number of anilines is 2. The molecule has 3 heterocycles. The summed E-state index contributed by atoms with van der Waals surface area (Å²) in [6.45, 7) is 1.45. The van der Waals surface area contributed by atoms with Crippen LogP contribution in [0.1, 0.15) is 50.7 Å². The van der Waals surface area contributed by atoms with Gasteiger partial charge in [0.15, 0.2) is 0 Å². The summed E-state index contributed by atoms with van der Waals surface area (Å²) in [7, 11) is 0. The van der Waals surface area contributed by atoms with E-state index in [1.807, 2.05) is 12.1 Å². The molecule has 3 aromatic rings. The molecule has 2 aromatic carbocycles. The number of carbonyl (C=O) groups is 2. The van der Waals surface area contributed by atoms with E-state index in [1.165, 1.54) is 30.5 Å². The Hall–Kier alpha value is -3.43. The van der Waals surface area contributed by atoms with Crippen LogP contribution in [-0.2, 0) is 6.18 Å². The fraction of sp³-hybridized carbons (Fsp3) is 0.269. The molecule has 0 bridgehead atoms. The minimum Gasteiger partial charge on any atom is -0.310 e. The Bertz CT molecular complexity index is 1310. The van der Waals surface area contributed by atoms with Crippen molar-refractivity contribution in [3.63, 3.8) is 0 Å². The van der Waals surface area contributed by atoms with Crippen molar-refractivity contribution < 1.29 is 22.8 Å². The molecule has 2 aliphatic heterocycles. The molecule has 36 heavy (non-hydrogen) atoms. The number of hydrogen-bond donors (Lipinski definition) is 2. The molecule has 2 atom stereocenters. The van der Waals surface area contributed by atoms with Crippen LogP contribution < -0.4 is 15.5 Å². The standard InChI is InChI=1S/C26H22ClF3N4O2/c27-17-6-7-21-19(13-17)23-15(9-11-31-23)10-12-34(21)25(36)16-5-8-22(32-14-16)33-24(35)18-3-1-2-4-20(18)26(28,29)30/h1-8,13-15,23,31H,9-12H2,(H,32,33,35)/t15-,23+/m1/s1. The van der Waals surface area contributed by atoms with E-state index in [9.17, 15) is 22.8 Å². The van der Waals surface area contributed by atoms with Crippen molar-refractivity contribution in [2.24, 2.45) is 5.92 Å². The van der Waals surface area contributed by atoms with E-state index in [-0.39, 0.29) is 17.8 Å². The van der Waals surface area contributed by atoms with Crippen LogP contribution in [0.15, 0.2) is 60.8 Å². The third-order valence-corrected chi connectivity index (χ3v) is 6.90. The summed E-state index contributed by atoms with van der Waals surface area (Å²) in [5, 5.41) is 6.49. The number of nitrogens with one attached hydrogen (secondary N) is 2. The molecule has 5 rings (SSSR count). The molecular formula is C26H22ClF3N4O2. The zero-order valence-corrected chi connectivity index (χ0v) is 19.7. The van der Waals surface area contributed by atoms with Crippen molar-refractivity contribution in [3.8, 4) is 0 Å². The second-order valence-corrected chi connectivity index (χ2v) is 9.30. The number of carbonyl (C=O) groups excluding carboxylic acids is 2. The van der Waals surface area contributed by atoms with Crippen molar-refractivity contribution in [2.45, 2.75) is 25.1 Å². The number of pyridine rings is 1. The highest BCUT2D eigenvalue weighted by Crippen LogP contribution is 2.42. The van der Waals surface area contributed by atoms with E-state index in [4.69, 9.17) is 11.6 Å². The van der Waals surface area contributed by atoms with Crippen molar-refractivity contribution in [1.29, 1.82) is 0 Å².